The predicted molar refractivity (Wildman–Crippen MR) is 104 cm³/mol. The van der Waals surface area contributed by atoms with Crippen LogP contribution in [0.3, 0.4) is 0 Å². The maximum absolute atomic E-state index is 9.05. The predicted octanol–water partition coefficient (Wildman–Crippen LogP) is 2.93. The maximum atomic E-state index is 9.05. The summed E-state index contributed by atoms with van der Waals surface area (Å²) in [5, 5.41) is 9.05. The number of aliphatic hydroxyl groups excluding tert-OH is 1. The molecule has 0 aliphatic rings. The van der Waals surface area contributed by atoms with Crippen molar-refractivity contribution in [1.82, 2.24) is 0 Å². The lowest BCUT2D eigenvalue weighted by atomic mass is 10.1. The molecule has 0 aliphatic carbocycles. The van der Waals surface area contributed by atoms with E-state index in [1.54, 1.807) is 0 Å². The Kier molecular flexibility index (Phi) is 22.4. The molecule has 148 valence electrons. The van der Waals surface area contributed by atoms with Crippen molar-refractivity contribution in [3.05, 3.63) is 0 Å². The van der Waals surface area contributed by atoms with Gasteiger partial charge >= 0.3 is 0 Å². The summed E-state index contributed by atoms with van der Waals surface area (Å²) in [5.74, 6) is 0. The molecule has 2 nitrogen and oxygen atoms in total. The third-order valence-corrected chi connectivity index (χ3v) is 5.21. The monoisotopic (exact) mass is 455 g/mol. The Balaban J connectivity index is 0. The molecule has 1 N–H and O–H groups in total. The molecule has 0 saturated heterocycles. The Morgan fingerprint density at radius 2 is 0.875 bits per heavy atom. The number of aliphatic hydroxyl groups is 1. The SMILES string of the molecule is CCCCCCCC[N+](C)(CCCCO)CCCCCCCC.[I-]. The van der Waals surface area contributed by atoms with Gasteiger partial charge in [-0.1, -0.05) is 65.2 Å². The second kappa shape index (κ2) is 20.0. The van der Waals surface area contributed by atoms with Crippen LogP contribution in [0.1, 0.15) is 104 Å². The molecule has 0 heterocycles. The van der Waals surface area contributed by atoms with Gasteiger partial charge in [0.2, 0.25) is 0 Å². The average Bonchev–Trinajstić information content (AvgIpc) is 2.54. The van der Waals surface area contributed by atoms with E-state index in [1.807, 2.05) is 0 Å². The molecule has 0 rings (SSSR count). The largest absolute Gasteiger partial charge is 1.00 e. The lowest BCUT2D eigenvalue weighted by Crippen LogP contribution is -3.00. The second-order valence-electron chi connectivity index (χ2n) is 7.76. The van der Waals surface area contributed by atoms with Gasteiger partial charge in [-0.2, -0.15) is 0 Å². The standard InChI is InChI=1S/C21H46NO.HI/c1-4-6-8-10-12-14-18-22(3,20-16-17-21-23)19-15-13-11-9-7-5-2;/h23H,4-21H2,1-3H3;1H/q+1;/p-1. The van der Waals surface area contributed by atoms with Crippen LogP contribution >= 0.6 is 0 Å². The van der Waals surface area contributed by atoms with E-state index < -0.39 is 0 Å². The summed E-state index contributed by atoms with van der Waals surface area (Å²) < 4.78 is 1.24. The quantitative estimate of drug-likeness (QED) is 0.192. The molecule has 3 heteroatoms. The molecule has 0 spiro atoms. The summed E-state index contributed by atoms with van der Waals surface area (Å²) in [6.07, 6.45) is 18.9. The fourth-order valence-corrected chi connectivity index (χ4v) is 3.49. The fraction of sp³-hybridized carbons (Fsp3) is 1.00. The van der Waals surface area contributed by atoms with Crippen LogP contribution in [0.25, 0.3) is 0 Å². The van der Waals surface area contributed by atoms with Crippen LogP contribution in [0, 0.1) is 0 Å². The van der Waals surface area contributed by atoms with Crippen molar-refractivity contribution in [2.75, 3.05) is 33.3 Å². The Bertz CT molecular complexity index is 220. The lowest BCUT2D eigenvalue weighted by Gasteiger charge is -2.35. The summed E-state index contributed by atoms with van der Waals surface area (Å²) in [5.41, 5.74) is 0. The van der Waals surface area contributed by atoms with Gasteiger partial charge in [0.25, 0.3) is 0 Å². The molecule has 0 aliphatic heterocycles. The van der Waals surface area contributed by atoms with Gasteiger partial charge in [-0.25, -0.2) is 0 Å². The van der Waals surface area contributed by atoms with Crippen molar-refractivity contribution < 1.29 is 33.6 Å². The van der Waals surface area contributed by atoms with Crippen molar-refractivity contribution in [3.63, 3.8) is 0 Å². The zero-order valence-corrected chi connectivity index (χ0v) is 19.2. The molecule has 0 bridgehead atoms. The van der Waals surface area contributed by atoms with Crippen LogP contribution in [-0.4, -0.2) is 42.9 Å². The molecular formula is C21H46INO. The Morgan fingerprint density at radius 1 is 0.542 bits per heavy atom. The molecule has 0 radical (unpaired) electrons. The average molecular weight is 456 g/mol. The van der Waals surface area contributed by atoms with Crippen molar-refractivity contribution in [1.29, 1.82) is 0 Å². The molecule has 0 aromatic heterocycles. The van der Waals surface area contributed by atoms with Gasteiger partial charge in [0.05, 0.1) is 26.7 Å². The van der Waals surface area contributed by atoms with E-state index >= 15 is 0 Å². The van der Waals surface area contributed by atoms with Gasteiger partial charge in [0, 0.05) is 6.61 Å². The van der Waals surface area contributed by atoms with Crippen LogP contribution < -0.4 is 24.0 Å². The summed E-state index contributed by atoms with van der Waals surface area (Å²) in [4.78, 5) is 0. The van der Waals surface area contributed by atoms with E-state index in [4.69, 9.17) is 5.11 Å². The van der Waals surface area contributed by atoms with E-state index in [-0.39, 0.29) is 24.0 Å². The molecule has 0 amide bonds. The first-order chi connectivity index (χ1) is 11.2. The number of nitrogens with zero attached hydrogens (tertiary/aromatic N) is 1. The molecule has 0 aromatic rings. The minimum Gasteiger partial charge on any atom is -1.00 e. The Hall–Kier alpha value is 0.650. The van der Waals surface area contributed by atoms with Crippen molar-refractivity contribution in [2.45, 2.75) is 104 Å². The Labute approximate surface area is 170 Å². The van der Waals surface area contributed by atoms with E-state index in [1.165, 1.54) is 108 Å². The third-order valence-electron chi connectivity index (χ3n) is 5.21. The highest BCUT2D eigenvalue weighted by Gasteiger charge is 2.19. The van der Waals surface area contributed by atoms with Gasteiger partial charge in [-0.3, -0.25) is 0 Å². The van der Waals surface area contributed by atoms with E-state index in [2.05, 4.69) is 20.9 Å². The van der Waals surface area contributed by atoms with Gasteiger partial charge in [-0.05, 0) is 38.5 Å². The molecule has 0 atom stereocenters. The fourth-order valence-electron chi connectivity index (χ4n) is 3.49. The van der Waals surface area contributed by atoms with Gasteiger partial charge in [0.1, 0.15) is 0 Å². The van der Waals surface area contributed by atoms with E-state index in [0.717, 1.165) is 6.42 Å². The highest BCUT2D eigenvalue weighted by molar-refractivity contribution is 4.50. The second-order valence-corrected chi connectivity index (χ2v) is 7.76. The summed E-state index contributed by atoms with van der Waals surface area (Å²) in [6.45, 7) is 8.86. The van der Waals surface area contributed by atoms with Gasteiger partial charge in [0.15, 0.2) is 0 Å². The minimum absolute atomic E-state index is 0. The van der Waals surface area contributed by atoms with Crippen molar-refractivity contribution in [3.8, 4) is 0 Å². The van der Waals surface area contributed by atoms with Crippen LogP contribution in [0.2, 0.25) is 0 Å². The molecule has 0 aromatic carbocycles. The first kappa shape index (κ1) is 26.9. The van der Waals surface area contributed by atoms with Crippen LogP contribution in [0.4, 0.5) is 0 Å². The highest BCUT2D eigenvalue weighted by Crippen LogP contribution is 2.15. The van der Waals surface area contributed by atoms with Crippen molar-refractivity contribution in [2.24, 2.45) is 0 Å². The molecular weight excluding hydrogens is 409 g/mol. The number of unbranched alkanes of at least 4 members (excludes halogenated alkanes) is 11. The number of hydrogen-bond donors (Lipinski definition) is 1. The van der Waals surface area contributed by atoms with Gasteiger partial charge < -0.3 is 33.6 Å². The normalized spacial score (nSPS) is 11.5. The number of hydrogen-bond acceptors (Lipinski definition) is 1. The zero-order chi connectivity index (χ0) is 17.2. The molecule has 0 fully saturated rings. The molecule has 0 saturated carbocycles. The summed E-state index contributed by atoms with van der Waals surface area (Å²) in [7, 11) is 2.45. The Morgan fingerprint density at radius 3 is 1.25 bits per heavy atom. The number of halogens is 1. The smallest absolute Gasteiger partial charge is 0.0785 e. The summed E-state index contributed by atoms with van der Waals surface area (Å²) >= 11 is 0. The maximum Gasteiger partial charge on any atom is 0.0785 e. The topological polar surface area (TPSA) is 20.2 Å². The van der Waals surface area contributed by atoms with Crippen LogP contribution in [-0.2, 0) is 0 Å². The van der Waals surface area contributed by atoms with Crippen molar-refractivity contribution >= 4 is 0 Å². The van der Waals surface area contributed by atoms with E-state index in [9.17, 15) is 0 Å². The lowest BCUT2D eigenvalue weighted by molar-refractivity contribution is -0.910. The highest BCUT2D eigenvalue weighted by atomic mass is 127. The summed E-state index contributed by atoms with van der Waals surface area (Å²) in [6, 6.07) is 0. The van der Waals surface area contributed by atoms with Gasteiger partial charge in [-0.15, -0.1) is 0 Å². The zero-order valence-electron chi connectivity index (χ0n) is 17.0. The molecule has 0 unspecified atom stereocenters. The minimum atomic E-state index is 0. The van der Waals surface area contributed by atoms with Crippen LogP contribution in [0.15, 0.2) is 0 Å². The third kappa shape index (κ3) is 17.5. The van der Waals surface area contributed by atoms with E-state index in [0.29, 0.717) is 6.61 Å². The number of rotatable bonds is 18. The first-order valence-corrected chi connectivity index (χ1v) is 10.6. The number of quaternary nitrogens is 1. The molecule has 24 heavy (non-hydrogen) atoms. The van der Waals surface area contributed by atoms with Crippen LogP contribution in [0.5, 0.6) is 0 Å². The first-order valence-electron chi connectivity index (χ1n) is 10.6.